The van der Waals surface area contributed by atoms with Gasteiger partial charge in [0.2, 0.25) is 11.7 Å². The van der Waals surface area contributed by atoms with Crippen LogP contribution in [0.5, 0.6) is 0 Å². The molecule has 2 rings (SSSR count). The summed E-state index contributed by atoms with van der Waals surface area (Å²) >= 11 is 0. The van der Waals surface area contributed by atoms with Crippen molar-refractivity contribution in [1.82, 2.24) is 15.5 Å². The Balaban J connectivity index is 2.10. The Morgan fingerprint density at radius 3 is 2.89 bits per heavy atom. The average molecular weight is 259 g/mol. The van der Waals surface area contributed by atoms with Crippen LogP contribution in [0.4, 0.5) is 0 Å². The molecule has 2 aromatic rings. The Labute approximate surface area is 114 Å². The molecule has 1 heterocycles. The van der Waals surface area contributed by atoms with Gasteiger partial charge in [-0.05, 0) is 26.5 Å². The molecule has 0 fully saturated rings. The van der Waals surface area contributed by atoms with Crippen LogP contribution in [0.1, 0.15) is 31.2 Å². The summed E-state index contributed by atoms with van der Waals surface area (Å²) in [7, 11) is 1.97. The zero-order valence-electron chi connectivity index (χ0n) is 11.8. The minimum absolute atomic E-state index is 0.399. The fraction of sp³-hybridized carbons (Fsp3) is 0.467. The van der Waals surface area contributed by atoms with E-state index in [4.69, 9.17) is 4.52 Å². The van der Waals surface area contributed by atoms with Gasteiger partial charge in [-0.1, -0.05) is 42.3 Å². The first-order valence-corrected chi connectivity index (χ1v) is 6.79. The molecule has 0 aliphatic carbocycles. The number of hydrogen-bond acceptors (Lipinski definition) is 4. The lowest BCUT2D eigenvalue weighted by Crippen LogP contribution is -2.27. The number of benzene rings is 1. The molecule has 1 atom stereocenters. The van der Waals surface area contributed by atoms with Gasteiger partial charge in [0, 0.05) is 18.0 Å². The monoisotopic (exact) mass is 259 g/mol. The lowest BCUT2D eigenvalue weighted by molar-refractivity contribution is 0.356. The molecule has 19 heavy (non-hydrogen) atoms. The molecule has 1 N–H and O–H groups in total. The van der Waals surface area contributed by atoms with Crippen molar-refractivity contribution in [2.45, 2.75) is 39.2 Å². The van der Waals surface area contributed by atoms with E-state index in [9.17, 15) is 0 Å². The number of rotatable bonds is 6. The number of nitrogens with one attached hydrogen (secondary N) is 1. The Morgan fingerprint density at radius 1 is 1.37 bits per heavy atom. The zero-order valence-corrected chi connectivity index (χ0v) is 11.8. The summed E-state index contributed by atoms with van der Waals surface area (Å²) in [5.74, 6) is 1.37. The van der Waals surface area contributed by atoms with Crippen LogP contribution >= 0.6 is 0 Å². The third-order valence-corrected chi connectivity index (χ3v) is 3.21. The molecule has 1 aromatic carbocycles. The van der Waals surface area contributed by atoms with E-state index in [1.807, 2.05) is 19.2 Å². The highest BCUT2D eigenvalue weighted by atomic mass is 16.5. The quantitative estimate of drug-likeness (QED) is 0.866. The third kappa shape index (κ3) is 3.64. The van der Waals surface area contributed by atoms with Crippen LogP contribution in [-0.4, -0.2) is 23.2 Å². The van der Waals surface area contributed by atoms with E-state index in [0.29, 0.717) is 17.8 Å². The summed E-state index contributed by atoms with van der Waals surface area (Å²) in [5.41, 5.74) is 2.20. The Kier molecular flexibility index (Phi) is 4.68. The van der Waals surface area contributed by atoms with E-state index in [-0.39, 0.29) is 0 Å². The molecule has 0 saturated heterocycles. The number of nitrogens with zero attached hydrogens (tertiary/aromatic N) is 2. The normalized spacial score (nSPS) is 12.6. The highest BCUT2D eigenvalue weighted by Crippen LogP contribution is 2.17. The predicted octanol–water partition coefficient (Wildman–Crippen LogP) is 2.98. The van der Waals surface area contributed by atoms with Gasteiger partial charge in [0.1, 0.15) is 0 Å². The fourth-order valence-electron chi connectivity index (χ4n) is 2.15. The Morgan fingerprint density at radius 2 is 2.21 bits per heavy atom. The van der Waals surface area contributed by atoms with Crippen molar-refractivity contribution < 1.29 is 4.52 Å². The molecule has 0 aliphatic rings. The van der Waals surface area contributed by atoms with Crippen LogP contribution in [-0.2, 0) is 6.42 Å². The van der Waals surface area contributed by atoms with Crippen LogP contribution < -0.4 is 5.32 Å². The summed E-state index contributed by atoms with van der Waals surface area (Å²) in [6.45, 7) is 4.24. The van der Waals surface area contributed by atoms with Gasteiger partial charge in [0.25, 0.3) is 0 Å². The summed E-state index contributed by atoms with van der Waals surface area (Å²) in [6.07, 6.45) is 3.03. The summed E-state index contributed by atoms with van der Waals surface area (Å²) in [6, 6.07) is 8.53. The van der Waals surface area contributed by atoms with Gasteiger partial charge in [-0.25, -0.2) is 0 Å². The average Bonchev–Trinajstić information content (AvgIpc) is 2.87. The van der Waals surface area contributed by atoms with Gasteiger partial charge in [-0.3, -0.25) is 0 Å². The van der Waals surface area contributed by atoms with Crippen molar-refractivity contribution in [3.63, 3.8) is 0 Å². The number of likely N-dealkylation sites (N-methyl/N-ethyl adjacent to an activating group) is 1. The highest BCUT2D eigenvalue weighted by molar-refractivity contribution is 5.55. The van der Waals surface area contributed by atoms with E-state index < -0.39 is 0 Å². The van der Waals surface area contributed by atoms with Gasteiger partial charge >= 0.3 is 0 Å². The summed E-state index contributed by atoms with van der Waals surface area (Å²) < 4.78 is 5.34. The summed E-state index contributed by atoms with van der Waals surface area (Å²) in [5, 5.41) is 7.34. The van der Waals surface area contributed by atoms with E-state index in [1.165, 1.54) is 5.56 Å². The molecule has 0 aliphatic heterocycles. The van der Waals surface area contributed by atoms with E-state index in [1.54, 1.807) is 0 Å². The summed E-state index contributed by atoms with van der Waals surface area (Å²) in [4.78, 5) is 4.47. The first kappa shape index (κ1) is 13.7. The highest BCUT2D eigenvalue weighted by Gasteiger charge is 2.13. The number of aromatic nitrogens is 2. The second-order valence-corrected chi connectivity index (χ2v) is 4.86. The van der Waals surface area contributed by atoms with Gasteiger partial charge < -0.3 is 9.84 Å². The zero-order chi connectivity index (χ0) is 13.7. The third-order valence-electron chi connectivity index (χ3n) is 3.21. The molecule has 0 saturated carbocycles. The van der Waals surface area contributed by atoms with Crippen molar-refractivity contribution in [1.29, 1.82) is 0 Å². The Bertz CT molecular complexity index is 522. The molecule has 0 bridgehead atoms. The molecular weight excluding hydrogens is 238 g/mol. The van der Waals surface area contributed by atoms with Crippen molar-refractivity contribution >= 4 is 0 Å². The Hall–Kier alpha value is -1.68. The van der Waals surface area contributed by atoms with Crippen LogP contribution in [0.25, 0.3) is 11.4 Å². The minimum Gasteiger partial charge on any atom is -0.339 e. The van der Waals surface area contributed by atoms with Crippen molar-refractivity contribution in [2.24, 2.45) is 0 Å². The van der Waals surface area contributed by atoms with Crippen molar-refractivity contribution in [2.75, 3.05) is 7.05 Å². The molecule has 4 nitrogen and oxygen atoms in total. The molecule has 0 radical (unpaired) electrons. The minimum atomic E-state index is 0.399. The van der Waals surface area contributed by atoms with Gasteiger partial charge in [-0.15, -0.1) is 0 Å². The van der Waals surface area contributed by atoms with Crippen LogP contribution in [0.2, 0.25) is 0 Å². The smallest absolute Gasteiger partial charge is 0.228 e. The molecule has 1 unspecified atom stereocenters. The maximum absolute atomic E-state index is 5.34. The van der Waals surface area contributed by atoms with Crippen molar-refractivity contribution in [3.05, 3.63) is 35.7 Å². The largest absolute Gasteiger partial charge is 0.339 e. The van der Waals surface area contributed by atoms with Crippen LogP contribution in [0, 0.1) is 6.92 Å². The second kappa shape index (κ2) is 6.48. The fourth-order valence-corrected chi connectivity index (χ4v) is 2.15. The standard InChI is InChI=1S/C15H21N3O/c1-4-6-13(16-3)10-14-17-15(18-19-14)12-8-5-7-11(2)9-12/h5,7-9,13,16H,4,6,10H2,1-3H3. The molecule has 4 heteroatoms. The van der Waals surface area contributed by atoms with Crippen LogP contribution in [0.15, 0.2) is 28.8 Å². The maximum atomic E-state index is 5.34. The first-order valence-electron chi connectivity index (χ1n) is 6.79. The van der Waals surface area contributed by atoms with E-state index >= 15 is 0 Å². The lowest BCUT2D eigenvalue weighted by atomic mass is 10.1. The second-order valence-electron chi connectivity index (χ2n) is 4.86. The predicted molar refractivity (Wildman–Crippen MR) is 75.9 cm³/mol. The molecule has 0 spiro atoms. The SMILES string of the molecule is CCCC(Cc1nc(-c2cccc(C)c2)no1)NC. The van der Waals surface area contributed by atoms with E-state index in [0.717, 1.165) is 24.8 Å². The van der Waals surface area contributed by atoms with Gasteiger partial charge in [0.05, 0.1) is 0 Å². The molecular formula is C15H21N3O. The first-order chi connectivity index (χ1) is 9.22. The number of hydrogen-bond donors (Lipinski definition) is 1. The maximum Gasteiger partial charge on any atom is 0.228 e. The van der Waals surface area contributed by atoms with Gasteiger partial charge in [0.15, 0.2) is 0 Å². The molecule has 102 valence electrons. The van der Waals surface area contributed by atoms with Crippen LogP contribution in [0.3, 0.4) is 0 Å². The molecule has 1 aromatic heterocycles. The molecule has 0 amide bonds. The van der Waals surface area contributed by atoms with E-state index in [2.05, 4.69) is 41.4 Å². The topological polar surface area (TPSA) is 51.0 Å². The lowest BCUT2D eigenvalue weighted by Gasteiger charge is -2.11. The van der Waals surface area contributed by atoms with Crippen molar-refractivity contribution in [3.8, 4) is 11.4 Å². The number of aryl methyl sites for hydroxylation is 1. The van der Waals surface area contributed by atoms with Gasteiger partial charge in [-0.2, -0.15) is 4.98 Å².